The van der Waals surface area contributed by atoms with Crippen LogP contribution in [0.2, 0.25) is 0 Å². The van der Waals surface area contributed by atoms with Gasteiger partial charge in [-0.15, -0.1) is 0 Å². The zero-order valence-corrected chi connectivity index (χ0v) is 8.75. The minimum Gasteiger partial charge on any atom is -0.382 e. The third-order valence-corrected chi connectivity index (χ3v) is 1.55. The van der Waals surface area contributed by atoms with Crippen molar-refractivity contribution in [3.8, 4) is 0 Å². The Morgan fingerprint density at radius 2 is 1.54 bits per heavy atom. The van der Waals surface area contributed by atoms with E-state index in [1.165, 1.54) is 0 Å². The largest absolute Gasteiger partial charge is 0.382 e. The summed E-state index contributed by atoms with van der Waals surface area (Å²) in [4.78, 5) is 0. The summed E-state index contributed by atoms with van der Waals surface area (Å²) in [7, 11) is 3.33. The maximum Gasteiger partial charge on any atom is 0.0776 e. The Balaban J connectivity index is 0.000000223. The molecule has 1 saturated heterocycles. The molecule has 1 unspecified atom stereocenters. The van der Waals surface area contributed by atoms with E-state index in [-0.39, 0.29) is 6.10 Å². The van der Waals surface area contributed by atoms with Crippen LogP contribution in [0.15, 0.2) is 0 Å². The third-order valence-electron chi connectivity index (χ3n) is 1.55. The molecule has 0 spiro atoms. The van der Waals surface area contributed by atoms with E-state index in [2.05, 4.69) is 0 Å². The molecule has 0 amide bonds. The normalized spacial score (nSPS) is 18.7. The second-order valence-corrected chi connectivity index (χ2v) is 2.73. The molecule has 0 aromatic rings. The van der Waals surface area contributed by atoms with E-state index in [4.69, 9.17) is 18.9 Å². The fourth-order valence-electron chi connectivity index (χ4n) is 0.743. The van der Waals surface area contributed by atoms with Crippen LogP contribution >= 0.6 is 0 Å². The molecule has 0 N–H and O–H groups in total. The summed E-state index contributed by atoms with van der Waals surface area (Å²) in [6, 6.07) is 0. The van der Waals surface area contributed by atoms with Gasteiger partial charge in [0.15, 0.2) is 0 Å². The van der Waals surface area contributed by atoms with Gasteiger partial charge in [0.1, 0.15) is 0 Å². The molecule has 1 atom stereocenters. The molecule has 0 aromatic heterocycles. The van der Waals surface area contributed by atoms with Crippen LogP contribution in [0.4, 0.5) is 0 Å². The molecule has 1 aliphatic heterocycles. The van der Waals surface area contributed by atoms with Crippen molar-refractivity contribution in [2.75, 3.05) is 47.3 Å². The number of rotatable bonds is 3. The van der Waals surface area contributed by atoms with Crippen LogP contribution in [-0.4, -0.2) is 53.4 Å². The quantitative estimate of drug-likeness (QED) is 0.659. The lowest BCUT2D eigenvalue weighted by atomic mass is 10.4. The number of ether oxygens (including phenoxy) is 4. The highest BCUT2D eigenvalue weighted by Crippen LogP contribution is 1.85. The molecule has 0 aromatic carbocycles. The van der Waals surface area contributed by atoms with E-state index in [9.17, 15) is 0 Å². The second kappa shape index (κ2) is 9.92. The van der Waals surface area contributed by atoms with Gasteiger partial charge in [0.05, 0.1) is 39.1 Å². The van der Waals surface area contributed by atoms with Crippen molar-refractivity contribution in [1.82, 2.24) is 0 Å². The minimum atomic E-state index is 0.227. The summed E-state index contributed by atoms with van der Waals surface area (Å²) in [5, 5.41) is 0. The summed E-state index contributed by atoms with van der Waals surface area (Å²) in [5.74, 6) is 0. The standard InChI is InChI=1S/C5H12O2.C4H8O2/c1-5(7-3)4-6-2;1-2-6-4-3-5-1/h5H,4H2,1-3H3;1-4H2. The maximum absolute atomic E-state index is 4.94. The van der Waals surface area contributed by atoms with Crippen molar-refractivity contribution < 1.29 is 18.9 Å². The average molecular weight is 192 g/mol. The molecular formula is C9H20O4. The Morgan fingerprint density at radius 1 is 1.08 bits per heavy atom. The molecule has 4 nitrogen and oxygen atoms in total. The van der Waals surface area contributed by atoms with Gasteiger partial charge in [0.2, 0.25) is 0 Å². The first-order valence-corrected chi connectivity index (χ1v) is 4.48. The number of hydrogen-bond donors (Lipinski definition) is 0. The van der Waals surface area contributed by atoms with Gasteiger partial charge < -0.3 is 18.9 Å². The van der Waals surface area contributed by atoms with E-state index < -0.39 is 0 Å². The molecular weight excluding hydrogens is 172 g/mol. The van der Waals surface area contributed by atoms with Crippen LogP contribution in [-0.2, 0) is 18.9 Å². The Hall–Kier alpha value is -0.160. The zero-order valence-electron chi connectivity index (χ0n) is 8.75. The predicted molar refractivity (Wildman–Crippen MR) is 50.0 cm³/mol. The van der Waals surface area contributed by atoms with Gasteiger partial charge in [-0.05, 0) is 6.92 Å². The summed E-state index contributed by atoms with van der Waals surface area (Å²) < 4.78 is 19.5. The van der Waals surface area contributed by atoms with Crippen molar-refractivity contribution in [3.05, 3.63) is 0 Å². The highest BCUT2D eigenvalue weighted by atomic mass is 16.6. The molecule has 0 bridgehead atoms. The first-order valence-electron chi connectivity index (χ1n) is 4.48. The monoisotopic (exact) mass is 192 g/mol. The molecule has 1 heterocycles. The van der Waals surface area contributed by atoms with Crippen molar-refractivity contribution >= 4 is 0 Å². The van der Waals surface area contributed by atoms with Gasteiger partial charge in [0, 0.05) is 14.2 Å². The van der Waals surface area contributed by atoms with E-state index in [0.717, 1.165) is 26.4 Å². The summed E-state index contributed by atoms with van der Waals surface area (Å²) >= 11 is 0. The molecule has 13 heavy (non-hydrogen) atoms. The van der Waals surface area contributed by atoms with Gasteiger partial charge in [-0.2, -0.15) is 0 Å². The topological polar surface area (TPSA) is 36.9 Å². The highest BCUT2D eigenvalue weighted by Gasteiger charge is 1.94. The SMILES string of the molecule is C1COCCO1.COCC(C)OC. The summed E-state index contributed by atoms with van der Waals surface area (Å²) in [5.41, 5.74) is 0. The molecule has 1 rings (SSSR count). The Kier molecular flexibility index (Phi) is 9.80. The molecule has 80 valence electrons. The maximum atomic E-state index is 4.94. The smallest absolute Gasteiger partial charge is 0.0776 e. The van der Waals surface area contributed by atoms with Gasteiger partial charge in [-0.1, -0.05) is 0 Å². The van der Waals surface area contributed by atoms with Gasteiger partial charge in [0.25, 0.3) is 0 Å². The second-order valence-electron chi connectivity index (χ2n) is 2.73. The minimum absolute atomic E-state index is 0.227. The summed E-state index contributed by atoms with van der Waals surface area (Å²) in [6.07, 6.45) is 0.227. The van der Waals surface area contributed by atoms with Gasteiger partial charge in [-0.25, -0.2) is 0 Å². The van der Waals surface area contributed by atoms with Crippen molar-refractivity contribution in [2.24, 2.45) is 0 Å². The van der Waals surface area contributed by atoms with Crippen molar-refractivity contribution in [3.63, 3.8) is 0 Å². The van der Waals surface area contributed by atoms with Crippen LogP contribution in [0.1, 0.15) is 6.92 Å². The third kappa shape index (κ3) is 9.76. The number of methoxy groups -OCH3 is 2. The van der Waals surface area contributed by atoms with Crippen LogP contribution in [0, 0.1) is 0 Å². The molecule has 1 fully saturated rings. The van der Waals surface area contributed by atoms with E-state index in [0.29, 0.717) is 6.61 Å². The van der Waals surface area contributed by atoms with Crippen LogP contribution < -0.4 is 0 Å². The summed E-state index contributed by atoms with van der Waals surface area (Å²) in [6.45, 7) is 5.75. The Morgan fingerprint density at radius 3 is 1.69 bits per heavy atom. The lowest BCUT2D eigenvalue weighted by Gasteiger charge is -2.09. The van der Waals surface area contributed by atoms with E-state index in [1.54, 1.807) is 14.2 Å². The molecule has 0 aliphatic carbocycles. The van der Waals surface area contributed by atoms with Crippen LogP contribution in [0.25, 0.3) is 0 Å². The molecule has 0 radical (unpaired) electrons. The van der Waals surface area contributed by atoms with Crippen LogP contribution in [0.3, 0.4) is 0 Å². The highest BCUT2D eigenvalue weighted by molar-refractivity contribution is 4.41. The lowest BCUT2D eigenvalue weighted by Crippen LogP contribution is -2.16. The fourth-order valence-corrected chi connectivity index (χ4v) is 0.743. The Bertz CT molecular complexity index is 82.1. The molecule has 1 aliphatic rings. The number of hydrogen-bond acceptors (Lipinski definition) is 4. The molecule has 0 saturated carbocycles. The Labute approximate surface area is 80.1 Å². The van der Waals surface area contributed by atoms with E-state index >= 15 is 0 Å². The average Bonchev–Trinajstić information content (AvgIpc) is 2.22. The molecule has 4 heteroatoms. The van der Waals surface area contributed by atoms with Gasteiger partial charge >= 0.3 is 0 Å². The first kappa shape index (κ1) is 12.8. The van der Waals surface area contributed by atoms with Gasteiger partial charge in [-0.3, -0.25) is 0 Å². The van der Waals surface area contributed by atoms with E-state index in [1.807, 2.05) is 6.92 Å². The lowest BCUT2D eigenvalue weighted by molar-refractivity contribution is -0.0334. The van der Waals surface area contributed by atoms with Crippen LogP contribution in [0.5, 0.6) is 0 Å². The van der Waals surface area contributed by atoms with Crippen molar-refractivity contribution in [1.29, 1.82) is 0 Å². The predicted octanol–water partition coefficient (Wildman–Crippen LogP) is 0.701. The first-order chi connectivity index (χ1) is 6.31. The van der Waals surface area contributed by atoms with Crippen molar-refractivity contribution in [2.45, 2.75) is 13.0 Å². The zero-order chi connectivity index (χ0) is 9.94. The fraction of sp³-hybridized carbons (Fsp3) is 1.00.